The van der Waals surface area contributed by atoms with E-state index >= 15 is 0 Å². The van der Waals surface area contributed by atoms with E-state index in [1.54, 1.807) is 0 Å². The number of aromatic nitrogens is 2. The molecule has 1 N–H and O–H groups in total. The van der Waals surface area contributed by atoms with E-state index in [-0.39, 0.29) is 5.91 Å². The zero-order valence-electron chi connectivity index (χ0n) is 23.8. The number of piperazine rings is 1. The zero-order valence-corrected chi connectivity index (χ0v) is 23.8. The third kappa shape index (κ3) is 5.76. The van der Waals surface area contributed by atoms with E-state index in [1.165, 1.54) is 31.6 Å². The van der Waals surface area contributed by atoms with Gasteiger partial charge in [0.1, 0.15) is 5.65 Å². The molecular weight excluding hydrogens is 496 g/mol. The lowest BCUT2D eigenvalue weighted by molar-refractivity contribution is 0.0789. The van der Waals surface area contributed by atoms with Gasteiger partial charge in [-0.25, -0.2) is 4.98 Å². The number of carbonyl (C=O) groups excluding carboxylic acids is 1. The molecule has 2 aliphatic heterocycles. The number of likely N-dealkylation sites (tertiary alicyclic amines) is 1. The third-order valence-electron chi connectivity index (χ3n) is 8.56. The first-order valence-corrected chi connectivity index (χ1v) is 14.6. The number of hydrogen-bond acceptors (Lipinski definition) is 5. The normalized spacial score (nSPS) is 16.6. The quantitative estimate of drug-likeness (QED) is 0.335. The van der Waals surface area contributed by atoms with Crippen molar-refractivity contribution in [3.8, 4) is 22.3 Å². The number of benzene rings is 2. The van der Waals surface area contributed by atoms with E-state index in [1.807, 2.05) is 48.6 Å². The van der Waals surface area contributed by atoms with Gasteiger partial charge in [0.05, 0.1) is 0 Å². The number of nitrogens with one attached hydrogen (secondary N) is 1. The first-order valence-electron chi connectivity index (χ1n) is 14.6. The monoisotopic (exact) mass is 536 g/mol. The second kappa shape index (κ2) is 11.8. The average molecular weight is 537 g/mol. The molecule has 0 radical (unpaired) electrons. The molecule has 0 saturated carbocycles. The summed E-state index contributed by atoms with van der Waals surface area (Å²) in [5.74, 6) is 0.0795. The Balaban J connectivity index is 1.14. The molecule has 7 heteroatoms. The van der Waals surface area contributed by atoms with Crippen LogP contribution in [0.5, 0.6) is 0 Å². The van der Waals surface area contributed by atoms with Crippen molar-refractivity contribution in [3.63, 3.8) is 0 Å². The highest BCUT2D eigenvalue weighted by atomic mass is 16.2. The highest BCUT2D eigenvalue weighted by Gasteiger charge is 2.17. The van der Waals surface area contributed by atoms with Gasteiger partial charge in [-0.15, -0.1) is 0 Å². The minimum Gasteiger partial charge on any atom is -0.369 e. The van der Waals surface area contributed by atoms with Gasteiger partial charge in [-0.3, -0.25) is 4.79 Å². The number of pyridine rings is 1. The summed E-state index contributed by atoms with van der Waals surface area (Å²) in [7, 11) is 4.09. The number of H-pyrrole nitrogens is 1. The number of anilines is 1. The molecule has 7 nitrogen and oxygen atoms in total. The van der Waals surface area contributed by atoms with Crippen LogP contribution in [-0.4, -0.2) is 97.0 Å². The number of nitrogens with zero attached hydrogens (tertiary/aromatic N) is 5. The Bertz CT molecular complexity index is 1430. The first-order chi connectivity index (χ1) is 19.5. The first kappa shape index (κ1) is 26.5. The summed E-state index contributed by atoms with van der Waals surface area (Å²) in [5.41, 5.74) is 7.30. The number of carbonyl (C=O) groups is 1. The van der Waals surface area contributed by atoms with Crippen molar-refractivity contribution in [1.29, 1.82) is 0 Å². The van der Waals surface area contributed by atoms with E-state index in [4.69, 9.17) is 4.98 Å². The van der Waals surface area contributed by atoms with Gasteiger partial charge in [-0.1, -0.05) is 24.3 Å². The van der Waals surface area contributed by atoms with Crippen molar-refractivity contribution in [3.05, 3.63) is 72.6 Å². The lowest BCUT2D eigenvalue weighted by atomic mass is 10.0. The second-order valence-corrected chi connectivity index (χ2v) is 11.4. The van der Waals surface area contributed by atoms with Crippen molar-refractivity contribution < 1.29 is 4.79 Å². The fraction of sp³-hybridized carbons (Fsp3) is 0.394. The number of amides is 1. The molecule has 2 fully saturated rings. The molecule has 0 aliphatic carbocycles. The van der Waals surface area contributed by atoms with E-state index in [0.29, 0.717) is 0 Å². The van der Waals surface area contributed by atoms with Crippen LogP contribution in [0.1, 0.15) is 29.6 Å². The van der Waals surface area contributed by atoms with Gasteiger partial charge in [-0.05, 0) is 87.4 Å². The van der Waals surface area contributed by atoms with Crippen LogP contribution in [0.25, 0.3) is 33.3 Å². The molecule has 6 rings (SSSR count). The number of likely N-dealkylation sites (N-methyl/N-ethyl adjacent to an activating group) is 1. The van der Waals surface area contributed by atoms with Crippen molar-refractivity contribution >= 4 is 22.6 Å². The Hall–Kier alpha value is -3.68. The molecule has 0 atom stereocenters. The Morgan fingerprint density at radius 3 is 2.33 bits per heavy atom. The summed E-state index contributed by atoms with van der Waals surface area (Å²) in [4.78, 5) is 30.2. The van der Waals surface area contributed by atoms with Crippen LogP contribution in [0, 0.1) is 0 Å². The predicted octanol–water partition coefficient (Wildman–Crippen LogP) is 5.21. The molecule has 0 spiro atoms. The van der Waals surface area contributed by atoms with Gasteiger partial charge in [-0.2, -0.15) is 0 Å². The van der Waals surface area contributed by atoms with E-state index < -0.39 is 0 Å². The van der Waals surface area contributed by atoms with E-state index in [9.17, 15) is 4.79 Å². The Morgan fingerprint density at radius 2 is 1.60 bits per heavy atom. The fourth-order valence-electron chi connectivity index (χ4n) is 5.98. The maximum atomic E-state index is 13.0. The SMILES string of the molecule is CN1CCN(c2ccc(-c3cnc4[nH]cc(-c5ccc(C(=O)N(C)CCCN6CCCC6)cc5)c4c3)cc2)CC1. The third-order valence-corrected chi connectivity index (χ3v) is 8.56. The molecule has 0 bridgehead atoms. The molecule has 4 heterocycles. The van der Waals surface area contributed by atoms with E-state index in [0.717, 1.165) is 84.5 Å². The Morgan fingerprint density at radius 1 is 0.900 bits per heavy atom. The largest absolute Gasteiger partial charge is 0.369 e. The minimum absolute atomic E-state index is 0.0795. The van der Waals surface area contributed by atoms with Gasteiger partial charge in [0.15, 0.2) is 0 Å². The van der Waals surface area contributed by atoms with Crippen molar-refractivity contribution in [1.82, 2.24) is 24.7 Å². The molecule has 2 saturated heterocycles. The van der Waals surface area contributed by atoms with Gasteiger partial charge in [0.25, 0.3) is 5.91 Å². The van der Waals surface area contributed by atoms with Gasteiger partial charge >= 0.3 is 0 Å². The molecule has 2 aliphatic rings. The summed E-state index contributed by atoms with van der Waals surface area (Å²) in [6.07, 6.45) is 7.58. The molecule has 0 unspecified atom stereocenters. The topological polar surface area (TPSA) is 58.7 Å². The minimum atomic E-state index is 0.0795. The van der Waals surface area contributed by atoms with Crippen LogP contribution in [0.4, 0.5) is 5.69 Å². The molecule has 208 valence electrons. The van der Waals surface area contributed by atoms with Gasteiger partial charge < -0.3 is 24.6 Å². The lowest BCUT2D eigenvalue weighted by Crippen LogP contribution is -2.44. The predicted molar refractivity (Wildman–Crippen MR) is 164 cm³/mol. The maximum Gasteiger partial charge on any atom is 0.253 e. The van der Waals surface area contributed by atoms with Crippen LogP contribution in [0.2, 0.25) is 0 Å². The molecule has 2 aromatic carbocycles. The van der Waals surface area contributed by atoms with Crippen molar-refractivity contribution in [2.75, 3.05) is 71.4 Å². The smallest absolute Gasteiger partial charge is 0.253 e. The highest BCUT2D eigenvalue weighted by molar-refractivity contribution is 5.98. The van der Waals surface area contributed by atoms with Crippen molar-refractivity contribution in [2.45, 2.75) is 19.3 Å². The number of rotatable bonds is 8. The number of fused-ring (bicyclic) bond motifs is 1. The zero-order chi connectivity index (χ0) is 27.5. The molecular formula is C33H40N6O. The van der Waals surface area contributed by atoms with Crippen LogP contribution in [0.3, 0.4) is 0 Å². The van der Waals surface area contributed by atoms with Gasteiger partial charge in [0.2, 0.25) is 0 Å². The molecule has 2 aromatic heterocycles. The standard InChI is InChI=1S/C33H40N6O/c1-36-18-20-39(21-19-36)29-12-10-25(11-13-29)28-22-30-31(24-35-32(30)34-23-28)26-6-8-27(9-7-26)33(40)37(2)14-5-17-38-15-3-4-16-38/h6-13,22-24H,3-5,14-21H2,1-2H3,(H,34,35). The summed E-state index contributed by atoms with van der Waals surface area (Å²) in [5, 5.41) is 1.08. The maximum absolute atomic E-state index is 13.0. The summed E-state index contributed by atoms with van der Waals surface area (Å²) in [6.45, 7) is 8.59. The Labute approximate surface area is 237 Å². The van der Waals surface area contributed by atoms with E-state index in [2.05, 4.69) is 57.1 Å². The van der Waals surface area contributed by atoms with Crippen LogP contribution >= 0.6 is 0 Å². The highest BCUT2D eigenvalue weighted by Crippen LogP contribution is 2.32. The molecule has 4 aromatic rings. The summed E-state index contributed by atoms with van der Waals surface area (Å²) >= 11 is 0. The number of aromatic amines is 1. The van der Waals surface area contributed by atoms with Crippen LogP contribution in [0.15, 0.2) is 67.0 Å². The Kier molecular flexibility index (Phi) is 7.84. The molecule has 1 amide bonds. The number of hydrogen-bond donors (Lipinski definition) is 1. The molecule has 40 heavy (non-hydrogen) atoms. The van der Waals surface area contributed by atoms with Gasteiger partial charge in [0, 0.05) is 79.9 Å². The fourth-order valence-corrected chi connectivity index (χ4v) is 5.98. The van der Waals surface area contributed by atoms with Crippen LogP contribution < -0.4 is 4.90 Å². The summed E-state index contributed by atoms with van der Waals surface area (Å²) in [6, 6.07) is 19.0. The lowest BCUT2D eigenvalue weighted by Gasteiger charge is -2.34. The van der Waals surface area contributed by atoms with Crippen LogP contribution in [-0.2, 0) is 0 Å². The van der Waals surface area contributed by atoms with Crippen molar-refractivity contribution in [2.24, 2.45) is 0 Å². The second-order valence-electron chi connectivity index (χ2n) is 11.4. The average Bonchev–Trinajstić information content (AvgIpc) is 3.67. The summed E-state index contributed by atoms with van der Waals surface area (Å²) < 4.78 is 0.